The lowest BCUT2D eigenvalue weighted by atomic mass is 9.93. The summed E-state index contributed by atoms with van der Waals surface area (Å²) in [6, 6.07) is 5.65. The predicted octanol–water partition coefficient (Wildman–Crippen LogP) is 4.62. The van der Waals surface area contributed by atoms with E-state index in [1.165, 1.54) is 6.20 Å². The highest BCUT2D eigenvalue weighted by molar-refractivity contribution is 7.92. The van der Waals surface area contributed by atoms with Gasteiger partial charge in [-0.1, -0.05) is 0 Å². The van der Waals surface area contributed by atoms with Crippen molar-refractivity contribution in [1.82, 2.24) is 10.2 Å². The smallest absolute Gasteiger partial charge is 0.387 e. The molecular weight excluding hydrogens is 438 g/mol. The number of aromatic nitrogens is 2. The van der Waals surface area contributed by atoms with Crippen LogP contribution in [-0.2, 0) is 10.0 Å². The molecule has 0 saturated heterocycles. The molecule has 6 nitrogen and oxygen atoms in total. The van der Waals surface area contributed by atoms with Crippen LogP contribution in [-0.4, -0.2) is 25.2 Å². The molecule has 3 aromatic rings. The van der Waals surface area contributed by atoms with Gasteiger partial charge in [0.2, 0.25) is 0 Å². The molecule has 1 saturated carbocycles. The maximum absolute atomic E-state index is 14.2. The van der Waals surface area contributed by atoms with Gasteiger partial charge < -0.3 is 4.74 Å². The summed E-state index contributed by atoms with van der Waals surface area (Å²) in [7, 11) is -4.27. The number of alkyl halides is 2. The summed E-state index contributed by atoms with van der Waals surface area (Å²) in [6.07, 6.45) is 3.02. The maximum atomic E-state index is 14.2. The minimum atomic E-state index is -4.27. The topological polar surface area (TPSA) is 75.3 Å². The van der Waals surface area contributed by atoms with E-state index in [9.17, 15) is 26.0 Å². The van der Waals surface area contributed by atoms with Gasteiger partial charge in [0.05, 0.1) is 28.5 Å². The number of H-pyrrole nitrogens is 1. The fraction of sp³-hybridized carbons (Fsp3) is 0.250. The standard InChI is InChI=1S/C20H15F4N3O3S/c21-15-7-13-17(8-16(15)22)27(19(10-1-2-10)14-9-25-26-18(13)14)31(28,29)12-5-3-11(4-6-12)30-20(23)24/h3-10,19-20H,1-2H2,(H,25,26)/t19-/m1/s1. The third-order valence-corrected chi connectivity index (χ3v) is 7.27. The van der Waals surface area contributed by atoms with E-state index in [1.54, 1.807) is 0 Å². The average molecular weight is 453 g/mol. The molecule has 0 unspecified atom stereocenters. The first-order chi connectivity index (χ1) is 14.8. The SMILES string of the molecule is O=S(=O)(c1ccc(OC(F)F)cc1)N1c2cc(F)c(F)cc2-c2[nH]ncc2[C@H]1C1CC1. The number of rotatable bonds is 5. The molecule has 31 heavy (non-hydrogen) atoms. The van der Waals surface area contributed by atoms with Crippen molar-refractivity contribution in [3.05, 3.63) is 59.8 Å². The number of anilines is 1. The number of sulfonamides is 1. The highest BCUT2D eigenvalue weighted by atomic mass is 32.2. The average Bonchev–Trinajstić information content (AvgIpc) is 3.43. The van der Waals surface area contributed by atoms with Crippen LogP contribution in [0.4, 0.5) is 23.2 Å². The molecule has 1 atom stereocenters. The number of halogens is 4. The number of hydrogen-bond acceptors (Lipinski definition) is 4. The van der Waals surface area contributed by atoms with Crippen molar-refractivity contribution in [3.8, 4) is 17.0 Å². The first-order valence-electron chi connectivity index (χ1n) is 9.39. The van der Waals surface area contributed by atoms with Gasteiger partial charge >= 0.3 is 6.61 Å². The van der Waals surface area contributed by atoms with Crippen LogP contribution >= 0.6 is 0 Å². The van der Waals surface area contributed by atoms with Crippen LogP contribution in [0.15, 0.2) is 47.5 Å². The molecule has 0 radical (unpaired) electrons. The van der Waals surface area contributed by atoms with Crippen LogP contribution in [0.1, 0.15) is 24.4 Å². The van der Waals surface area contributed by atoms with Crippen LogP contribution < -0.4 is 9.04 Å². The summed E-state index contributed by atoms with van der Waals surface area (Å²) >= 11 is 0. The van der Waals surface area contributed by atoms with Crippen molar-refractivity contribution < 1.29 is 30.7 Å². The van der Waals surface area contributed by atoms with E-state index in [0.29, 0.717) is 11.3 Å². The molecule has 0 amide bonds. The molecule has 2 heterocycles. The van der Waals surface area contributed by atoms with Gasteiger partial charge in [0.1, 0.15) is 5.75 Å². The van der Waals surface area contributed by atoms with Gasteiger partial charge in [-0.2, -0.15) is 13.9 Å². The third-order valence-electron chi connectivity index (χ3n) is 5.46. The van der Waals surface area contributed by atoms with E-state index >= 15 is 0 Å². The minimum absolute atomic E-state index is 0.0135. The molecular formula is C20H15F4N3O3S. The molecule has 2 aliphatic rings. The summed E-state index contributed by atoms with van der Waals surface area (Å²) in [5.41, 5.74) is 1.17. The Balaban J connectivity index is 1.67. The van der Waals surface area contributed by atoms with Gasteiger partial charge in [0.25, 0.3) is 10.0 Å². The maximum Gasteiger partial charge on any atom is 0.387 e. The minimum Gasteiger partial charge on any atom is -0.435 e. The summed E-state index contributed by atoms with van der Waals surface area (Å²) in [5.74, 6) is -2.52. The molecule has 162 valence electrons. The van der Waals surface area contributed by atoms with Gasteiger partial charge in [0.15, 0.2) is 11.6 Å². The highest BCUT2D eigenvalue weighted by Crippen LogP contribution is 2.55. The largest absolute Gasteiger partial charge is 0.435 e. The number of fused-ring (bicyclic) bond motifs is 3. The van der Waals surface area contributed by atoms with Gasteiger partial charge in [-0.05, 0) is 49.1 Å². The Morgan fingerprint density at radius 3 is 2.42 bits per heavy atom. The summed E-state index contributed by atoms with van der Waals surface area (Å²) < 4.78 is 85.7. The van der Waals surface area contributed by atoms with Crippen molar-refractivity contribution in [2.45, 2.75) is 30.4 Å². The van der Waals surface area contributed by atoms with E-state index in [1.807, 2.05) is 0 Å². The van der Waals surface area contributed by atoms with Crippen LogP contribution in [0.3, 0.4) is 0 Å². The summed E-state index contributed by atoms with van der Waals surface area (Å²) in [4.78, 5) is -0.192. The number of aromatic amines is 1. The lowest BCUT2D eigenvalue weighted by molar-refractivity contribution is -0.0498. The van der Waals surface area contributed by atoms with E-state index in [0.717, 1.165) is 53.5 Å². The second-order valence-electron chi connectivity index (χ2n) is 7.42. The molecule has 1 fully saturated rings. The van der Waals surface area contributed by atoms with Crippen molar-refractivity contribution in [1.29, 1.82) is 0 Å². The lowest BCUT2D eigenvalue weighted by Crippen LogP contribution is -2.38. The zero-order valence-electron chi connectivity index (χ0n) is 15.7. The van der Waals surface area contributed by atoms with Gasteiger partial charge in [-0.3, -0.25) is 9.40 Å². The number of hydrogen-bond donors (Lipinski definition) is 1. The highest BCUT2D eigenvalue weighted by Gasteiger charge is 2.47. The van der Waals surface area contributed by atoms with Gasteiger partial charge in [-0.15, -0.1) is 0 Å². The van der Waals surface area contributed by atoms with Crippen molar-refractivity contribution in [3.63, 3.8) is 0 Å². The second-order valence-corrected chi connectivity index (χ2v) is 9.23. The van der Waals surface area contributed by atoms with Crippen molar-refractivity contribution in [2.75, 3.05) is 4.31 Å². The van der Waals surface area contributed by atoms with Crippen LogP contribution in [0.2, 0.25) is 0 Å². The molecule has 0 spiro atoms. The van der Waals surface area contributed by atoms with E-state index in [2.05, 4.69) is 14.9 Å². The fourth-order valence-electron chi connectivity index (χ4n) is 3.97. The normalized spacial score (nSPS) is 18.1. The molecule has 5 rings (SSSR count). The number of nitrogens with one attached hydrogen (secondary N) is 1. The van der Waals surface area contributed by atoms with Gasteiger partial charge in [-0.25, -0.2) is 17.2 Å². The summed E-state index contributed by atoms with van der Waals surface area (Å²) in [6.45, 7) is -3.05. The zero-order chi connectivity index (χ0) is 21.9. The molecule has 1 N–H and O–H groups in total. The lowest BCUT2D eigenvalue weighted by Gasteiger charge is -2.37. The Morgan fingerprint density at radius 1 is 1.10 bits per heavy atom. The predicted molar refractivity (Wildman–Crippen MR) is 102 cm³/mol. The molecule has 1 aliphatic heterocycles. The Hall–Kier alpha value is -3.08. The zero-order valence-corrected chi connectivity index (χ0v) is 16.5. The van der Waals surface area contributed by atoms with Crippen molar-refractivity contribution in [2.24, 2.45) is 5.92 Å². The first-order valence-corrected chi connectivity index (χ1v) is 10.8. The third kappa shape index (κ3) is 3.23. The Bertz CT molecular complexity index is 1260. The van der Waals surface area contributed by atoms with E-state index in [4.69, 9.17) is 0 Å². The Morgan fingerprint density at radius 2 is 1.77 bits per heavy atom. The van der Waals surface area contributed by atoms with Gasteiger partial charge in [0, 0.05) is 17.2 Å². The molecule has 11 heteroatoms. The quantitative estimate of drug-likeness (QED) is 0.573. The Labute approximate surface area is 174 Å². The van der Waals surface area contributed by atoms with Crippen LogP contribution in [0, 0.1) is 17.6 Å². The number of ether oxygens (including phenoxy) is 1. The molecule has 1 aliphatic carbocycles. The van der Waals surface area contributed by atoms with Crippen LogP contribution in [0.5, 0.6) is 5.75 Å². The Kier molecular flexibility index (Phi) is 4.47. The second kappa shape index (κ2) is 6.98. The van der Waals surface area contributed by atoms with E-state index < -0.39 is 34.3 Å². The van der Waals surface area contributed by atoms with Crippen LogP contribution in [0.25, 0.3) is 11.3 Å². The number of benzene rings is 2. The number of nitrogens with zero attached hydrogens (tertiary/aromatic N) is 2. The molecule has 0 bridgehead atoms. The van der Waals surface area contributed by atoms with E-state index in [-0.39, 0.29) is 27.8 Å². The monoisotopic (exact) mass is 453 g/mol. The first kappa shape index (κ1) is 19.9. The fourth-order valence-corrected chi connectivity index (χ4v) is 5.68. The summed E-state index contributed by atoms with van der Waals surface area (Å²) in [5, 5.41) is 6.76. The molecule has 2 aromatic carbocycles. The molecule has 1 aromatic heterocycles. The van der Waals surface area contributed by atoms with Crippen molar-refractivity contribution >= 4 is 15.7 Å².